The van der Waals surface area contributed by atoms with Gasteiger partial charge in [0.05, 0.1) is 33.6 Å². The number of fused-ring (bicyclic) bond motifs is 21. The molecular weight excluding hydrogens is 1400 g/mol. The van der Waals surface area contributed by atoms with Crippen molar-refractivity contribution in [3.63, 3.8) is 0 Å². The smallest absolute Gasteiger partial charge is 0.160 e. The second kappa shape index (κ2) is 25.3. The van der Waals surface area contributed by atoms with Crippen molar-refractivity contribution >= 4 is 38.4 Å². The predicted molar refractivity (Wildman–Crippen MR) is 467 cm³/mol. The topological polar surface area (TPSA) is 70.0 Å². The van der Waals surface area contributed by atoms with Gasteiger partial charge < -0.3 is 9.47 Å². The summed E-state index contributed by atoms with van der Waals surface area (Å²) >= 11 is 0. The van der Waals surface area contributed by atoms with Crippen molar-refractivity contribution in [2.45, 2.75) is 17.3 Å². The monoisotopic (exact) mass is 1460 g/mol. The van der Waals surface area contributed by atoms with E-state index in [0.717, 1.165) is 147 Å². The summed E-state index contributed by atoms with van der Waals surface area (Å²) in [6.07, 6.45) is 5.45. The molecule has 19 aromatic rings. The molecule has 6 nitrogen and oxygen atoms in total. The third-order valence-corrected chi connectivity index (χ3v) is 24.8. The summed E-state index contributed by atoms with van der Waals surface area (Å²) in [5.74, 6) is 4.64. The van der Waals surface area contributed by atoms with Crippen molar-refractivity contribution in [2.24, 2.45) is 0 Å². The van der Waals surface area contributed by atoms with Gasteiger partial charge >= 0.3 is 0 Å². The van der Waals surface area contributed by atoms with Crippen LogP contribution < -0.4 is 9.47 Å². The summed E-state index contributed by atoms with van der Waals surface area (Å²) in [5.41, 5.74) is 30.9. The van der Waals surface area contributed by atoms with Crippen molar-refractivity contribution in [3.05, 3.63) is 438 Å². The molecule has 0 N–H and O–H groups in total. The summed E-state index contributed by atoms with van der Waals surface area (Å²) in [6, 6.07) is 137. The Labute approximate surface area is 665 Å². The lowest BCUT2D eigenvalue weighted by molar-refractivity contribution is 0.436. The first kappa shape index (κ1) is 64.8. The van der Waals surface area contributed by atoms with Crippen LogP contribution in [-0.2, 0) is 17.3 Å². The normalized spacial score (nSPS) is 14.4. The summed E-state index contributed by atoms with van der Waals surface area (Å²) < 4.78 is 14.0. The van der Waals surface area contributed by atoms with Crippen LogP contribution in [0.25, 0.3) is 162 Å². The van der Waals surface area contributed by atoms with E-state index >= 15 is 0 Å². The molecule has 0 bridgehead atoms. The number of ether oxygens (including phenoxy) is 2. The molecule has 4 heterocycles. The number of hydrogen-bond donors (Lipinski definition) is 0. The molecule has 534 valence electrons. The fourth-order valence-corrected chi connectivity index (χ4v) is 19.7. The molecular formula is C109H66N4O2. The molecule has 6 heteroatoms. The zero-order valence-corrected chi connectivity index (χ0v) is 62.3. The van der Waals surface area contributed by atoms with Gasteiger partial charge in [0.15, 0.2) is 11.6 Å². The minimum Gasteiger partial charge on any atom is -0.457 e. The van der Waals surface area contributed by atoms with Crippen LogP contribution in [-0.4, -0.2) is 19.9 Å². The fourth-order valence-electron chi connectivity index (χ4n) is 19.7. The predicted octanol–water partition coefficient (Wildman–Crippen LogP) is 27.2. The van der Waals surface area contributed by atoms with E-state index in [-0.39, 0.29) is 0 Å². The maximum atomic E-state index is 7.10. The van der Waals surface area contributed by atoms with E-state index in [1.807, 2.05) is 0 Å². The Kier molecular flexibility index (Phi) is 14.2. The van der Waals surface area contributed by atoms with Gasteiger partial charge in [0.25, 0.3) is 0 Å². The molecule has 115 heavy (non-hydrogen) atoms. The molecule has 0 saturated carbocycles. The van der Waals surface area contributed by atoms with Gasteiger partial charge in [0.2, 0.25) is 0 Å². The van der Waals surface area contributed by atoms with Crippen molar-refractivity contribution in [1.82, 2.24) is 19.9 Å². The molecule has 3 aliphatic carbocycles. The molecule has 24 rings (SSSR count). The molecule has 0 amide bonds. The Bertz CT molecular complexity index is 7370. The summed E-state index contributed by atoms with van der Waals surface area (Å²) in [4.78, 5) is 22.0. The van der Waals surface area contributed by atoms with Gasteiger partial charge in [-0.15, -0.1) is 0 Å². The van der Waals surface area contributed by atoms with Crippen molar-refractivity contribution in [1.29, 1.82) is 0 Å². The summed E-state index contributed by atoms with van der Waals surface area (Å²) in [5, 5.41) is 7.30. The SMILES string of the molecule is C1=Cc2cc(-c3cc(-c4ccccc4)nc(-c4cccc(-c5ccc6c(c5)C5(c7ccccc7O6)c6ccccc6-c6ccc(-c7cccc(-c8cc(-c9ccc%10c(ccc%11ccccc%11%10)c9)nc(-c9cccc(-c%10ccc%11c(c%10)C%10(c%12ccccc%12O%11)c%11ccccc%11-c%11ccccc%11%10)c9)n8)c7)cc65)c4)n3)cc3cccc(c23)C1. The lowest BCUT2D eigenvalue weighted by Crippen LogP contribution is -2.32. The first-order valence-electron chi connectivity index (χ1n) is 39.5. The molecule has 0 saturated heterocycles. The van der Waals surface area contributed by atoms with Gasteiger partial charge in [-0.1, -0.05) is 297 Å². The third kappa shape index (κ3) is 9.95. The largest absolute Gasteiger partial charge is 0.457 e. The lowest BCUT2D eigenvalue weighted by atomic mass is 9.65. The Morgan fingerprint density at radius 2 is 0.626 bits per heavy atom. The fraction of sp³-hybridized carbons (Fsp3) is 0.0275. The lowest BCUT2D eigenvalue weighted by Gasteiger charge is -2.39. The number of nitrogens with zero attached hydrogens (tertiary/aromatic N) is 4. The van der Waals surface area contributed by atoms with Gasteiger partial charge in [-0.2, -0.15) is 0 Å². The van der Waals surface area contributed by atoms with E-state index in [0.29, 0.717) is 11.6 Å². The molecule has 2 spiro atoms. The maximum Gasteiger partial charge on any atom is 0.160 e. The molecule has 5 aliphatic rings. The molecule has 0 fully saturated rings. The van der Waals surface area contributed by atoms with Crippen LogP contribution >= 0.6 is 0 Å². The zero-order chi connectivity index (χ0) is 75.5. The van der Waals surface area contributed by atoms with E-state index < -0.39 is 10.8 Å². The van der Waals surface area contributed by atoms with E-state index in [1.54, 1.807) is 0 Å². The Hall–Kier alpha value is -15.0. The zero-order valence-electron chi connectivity index (χ0n) is 62.3. The van der Waals surface area contributed by atoms with Gasteiger partial charge in [0.1, 0.15) is 23.0 Å². The molecule has 2 aliphatic heterocycles. The Morgan fingerprint density at radius 3 is 1.24 bits per heavy atom. The molecule has 17 aromatic carbocycles. The first-order valence-corrected chi connectivity index (χ1v) is 39.5. The van der Waals surface area contributed by atoms with Gasteiger partial charge in [-0.3, -0.25) is 0 Å². The standard InChI is InChI=1S/C109H66N4O2/c1-2-22-67(23-3-1)97-64-100(82-59-78-30-16-24-68-25-17-31-79(60-82)105(68)78)113-106(110-97)80-32-19-28-71(56-80)74-50-54-104-96(63-74)109(93-42-13-15-44-102(93)115-104)91-40-11-8-37-87(91)88-52-47-72(61-94(88)109)69-26-18-29-76(55-69)98-65-99(77-48-51-84-75(58-77)46-45-66-21-4-5-34-83(66)84)112-107(111-98)81-33-20-27-70(57-81)73-49-53-103-95(62-73)108(92-41-12-14-43-101(92)114-103)89-38-9-6-35-85(89)86-36-7-10-39-90(86)108/h1-24,26-65H,25H2. The number of allylic oxidation sites excluding steroid dienone is 1. The molecule has 0 radical (unpaired) electrons. The Morgan fingerprint density at radius 1 is 0.226 bits per heavy atom. The molecule has 1 unspecified atom stereocenters. The third-order valence-electron chi connectivity index (χ3n) is 24.8. The average Bonchev–Trinajstić information content (AvgIpc) is 1.53. The van der Waals surface area contributed by atoms with Gasteiger partial charge in [-0.05, 0) is 219 Å². The van der Waals surface area contributed by atoms with Crippen LogP contribution in [0.1, 0.15) is 55.6 Å². The second-order valence-electron chi connectivity index (χ2n) is 31.0. The highest BCUT2D eigenvalue weighted by Crippen LogP contribution is 2.65. The van der Waals surface area contributed by atoms with Crippen molar-refractivity contribution in [3.8, 4) is 146 Å². The highest BCUT2D eigenvalue weighted by atomic mass is 16.5. The minimum absolute atomic E-state index is 0.606. The second-order valence-corrected chi connectivity index (χ2v) is 31.0. The van der Waals surface area contributed by atoms with Crippen LogP contribution in [0.3, 0.4) is 0 Å². The van der Waals surface area contributed by atoms with Crippen LogP contribution in [0, 0.1) is 0 Å². The van der Waals surface area contributed by atoms with Crippen molar-refractivity contribution < 1.29 is 9.47 Å². The number of benzene rings is 17. The number of para-hydroxylation sites is 2. The average molecular weight is 1460 g/mol. The van der Waals surface area contributed by atoms with Gasteiger partial charge in [-0.25, -0.2) is 19.9 Å². The van der Waals surface area contributed by atoms with E-state index in [2.05, 4.69) is 388 Å². The summed E-state index contributed by atoms with van der Waals surface area (Å²) in [7, 11) is 0. The number of hydrogen-bond acceptors (Lipinski definition) is 6. The minimum atomic E-state index is -0.779. The van der Waals surface area contributed by atoms with Crippen molar-refractivity contribution in [2.75, 3.05) is 0 Å². The molecule has 1 atom stereocenters. The van der Waals surface area contributed by atoms with Crippen LogP contribution in [0.4, 0.5) is 0 Å². The van der Waals surface area contributed by atoms with Gasteiger partial charge in [0, 0.05) is 55.6 Å². The highest BCUT2D eigenvalue weighted by Gasteiger charge is 2.53. The number of rotatable bonds is 9. The number of aromatic nitrogens is 4. The van der Waals surface area contributed by atoms with Crippen LogP contribution in [0.2, 0.25) is 0 Å². The van der Waals surface area contributed by atoms with Crippen LogP contribution in [0.15, 0.2) is 382 Å². The Balaban J connectivity index is 0.630. The maximum absolute atomic E-state index is 7.10. The molecule has 2 aromatic heterocycles. The van der Waals surface area contributed by atoms with Crippen LogP contribution in [0.5, 0.6) is 23.0 Å². The summed E-state index contributed by atoms with van der Waals surface area (Å²) in [6.45, 7) is 0. The van der Waals surface area contributed by atoms with E-state index in [4.69, 9.17) is 29.4 Å². The highest BCUT2D eigenvalue weighted by molar-refractivity contribution is 6.09. The quantitative estimate of drug-likeness (QED) is 0.134. The van der Waals surface area contributed by atoms with E-state index in [1.165, 1.54) is 82.6 Å². The first-order chi connectivity index (χ1) is 56.9. The van der Waals surface area contributed by atoms with E-state index in [9.17, 15) is 0 Å².